The Bertz CT molecular complexity index is 3000. The van der Waals surface area contributed by atoms with Gasteiger partial charge in [-0.15, -0.1) is 11.8 Å². The van der Waals surface area contributed by atoms with Crippen LogP contribution in [-0.4, -0.2) is 121 Å². The molecule has 2 aromatic heterocycles. The minimum atomic E-state index is -3.82. The van der Waals surface area contributed by atoms with Crippen molar-refractivity contribution in [1.82, 2.24) is 29.4 Å². The molecule has 4 atom stereocenters. The second-order valence-electron chi connectivity index (χ2n) is 21.1. The molecule has 10 rings (SSSR count). The Balaban J connectivity index is 0.000000211. The number of nitrogens with zero attached hydrogens (tertiary/aromatic N) is 6. The molecule has 0 saturated carbocycles. The van der Waals surface area contributed by atoms with Crippen molar-refractivity contribution in [1.29, 1.82) is 0 Å². The van der Waals surface area contributed by atoms with Gasteiger partial charge in [-0.25, -0.2) is 27.4 Å². The number of sulfone groups is 1. The number of fused-ring (bicyclic) bond motifs is 2. The number of rotatable bonds is 8. The van der Waals surface area contributed by atoms with Gasteiger partial charge in [-0.3, -0.25) is 0 Å². The molecular weight excluding hydrogens is 981 g/mol. The number of amides is 2. The van der Waals surface area contributed by atoms with Crippen molar-refractivity contribution in [3.63, 3.8) is 0 Å². The maximum Gasteiger partial charge on any atom is 0.410 e. The zero-order chi connectivity index (χ0) is 51.0. The second kappa shape index (κ2) is 23.0. The molecule has 2 unspecified atom stereocenters. The van der Waals surface area contributed by atoms with Crippen molar-refractivity contribution in [3.05, 3.63) is 85.2 Å². The van der Waals surface area contributed by atoms with Crippen LogP contribution >= 0.6 is 11.8 Å². The molecule has 6 heterocycles. The van der Waals surface area contributed by atoms with E-state index >= 15 is 0 Å². The molecule has 4 aromatic carbocycles. The van der Waals surface area contributed by atoms with Crippen LogP contribution in [0.2, 0.25) is 0 Å². The van der Waals surface area contributed by atoms with Crippen LogP contribution in [0.3, 0.4) is 0 Å². The van der Waals surface area contributed by atoms with Gasteiger partial charge in [-0.2, -0.15) is 10.2 Å². The molecule has 0 radical (unpaired) electrons. The van der Waals surface area contributed by atoms with Crippen molar-refractivity contribution >= 4 is 55.6 Å². The van der Waals surface area contributed by atoms with E-state index in [1.54, 1.807) is 85.9 Å². The van der Waals surface area contributed by atoms with Crippen LogP contribution in [0, 0.1) is 0 Å². The molecule has 6 aromatic rings. The topological polar surface area (TPSA) is 188 Å². The summed E-state index contributed by atoms with van der Waals surface area (Å²) in [6, 6.07) is 21.9. The van der Waals surface area contributed by atoms with Gasteiger partial charge in [0.05, 0.1) is 33.6 Å². The van der Waals surface area contributed by atoms with E-state index in [1.165, 1.54) is 4.90 Å². The minimum absolute atomic E-state index is 0. The molecule has 0 bridgehead atoms. The Kier molecular flexibility index (Phi) is 17.4. The van der Waals surface area contributed by atoms with E-state index in [1.807, 2.05) is 54.7 Å². The fourth-order valence-corrected chi connectivity index (χ4v) is 12.9. The summed E-state index contributed by atoms with van der Waals surface area (Å²) < 4.78 is 54.9. The number of hydrogen-bond donors (Lipinski definition) is 2. The Labute approximate surface area is 440 Å². The summed E-state index contributed by atoms with van der Waals surface area (Å²) in [6.45, 7) is 14.2. The van der Waals surface area contributed by atoms with E-state index in [0.717, 1.165) is 84.0 Å². The number of aromatic nitrogens is 4. The highest BCUT2D eigenvalue weighted by molar-refractivity contribution is 8.00. The van der Waals surface area contributed by atoms with Gasteiger partial charge in [0.2, 0.25) is 0 Å². The SMILES string of the molecule is C.C.CC(C)(C)OC(=O)N1CC[C@H](S(=O)(=O)c2cc(-c3ccc(O)cc3)cc3c2cnn3C2CCCCO2)C1.CC(C)(C)OC(=O)N1CC[C@H](Sc2cc(-c3ccc(O)cc3)cc3c2cnn3C2CCCCO2)C1. The highest BCUT2D eigenvalue weighted by Gasteiger charge is 2.39. The number of ether oxygens (including phenoxy) is 4. The maximum absolute atomic E-state index is 14.0. The summed E-state index contributed by atoms with van der Waals surface area (Å²) >= 11 is 1.80. The molecule has 4 aliphatic rings. The quantitative estimate of drug-likeness (QED) is 0.147. The number of carbonyl (C=O) groups excluding carboxylic acids is 2. The third-order valence-electron chi connectivity index (χ3n) is 13.2. The monoisotopic (exact) mass is 1050 g/mol. The molecule has 16 nitrogen and oxygen atoms in total. The molecule has 0 spiro atoms. The average molecular weight is 1060 g/mol. The van der Waals surface area contributed by atoms with E-state index in [4.69, 9.17) is 24.0 Å². The van der Waals surface area contributed by atoms with Crippen molar-refractivity contribution in [3.8, 4) is 33.8 Å². The van der Waals surface area contributed by atoms with Crippen LogP contribution in [0.25, 0.3) is 44.1 Å². The molecule has 2 amide bonds. The normalized spacial score (nSPS) is 20.4. The molecule has 4 saturated heterocycles. The van der Waals surface area contributed by atoms with Crippen molar-refractivity contribution in [2.45, 2.75) is 152 Å². The Morgan fingerprint density at radius 2 is 1.09 bits per heavy atom. The van der Waals surface area contributed by atoms with Crippen LogP contribution in [0.1, 0.15) is 120 Å². The van der Waals surface area contributed by atoms with E-state index in [-0.39, 0.29) is 61.6 Å². The number of phenols is 2. The Morgan fingerprint density at radius 1 is 0.622 bits per heavy atom. The smallest absolute Gasteiger partial charge is 0.410 e. The molecule has 18 heteroatoms. The number of likely N-dealkylation sites (tertiary alicyclic amines) is 2. The minimum Gasteiger partial charge on any atom is -0.508 e. The van der Waals surface area contributed by atoms with Crippen molar-refractivity contribution in [2.24, 2.45) is 0 Å². The first-order chi connectivity index (χ1) is 34.3. The summed E-state index contributed by atoms with van der Waals surface area (Å²) in [5, 5.41) is 30.0. The standard InChI is InChI=1S/C27H33N3O6S.C27H33N3O4S.2CH4/c1-27(2,3)36-26(32)29-12-11-21(17-29)37(33,34)24-15-19(18-7-9-20(31)10-8-18)14-23-22(24)16-28-30(23)25-6-4-5-13-35-25;1-27(2,3)34-26(32)29-12-11-21(17-29)35-24-15-19(18-7-9-20(31)10-8-18)14-23-22(24)16-28-30(23)25-6-4-5-13-33-25;;/h7-10,14-16,21,25,31H,4-6,11-13,17H2,1-3H3;7-10,14-16,21,25,31H,4-6,11-13,17H2,1-3H3;2*1H4/t2*21-,25?;;/m00../s1. The lowest BCUT2D eigenvalue weighted by Gasteiger charge is -2.24. The van der Waals surface area contributed by atoms with Crippen LogP contribution in [0.15, 0.2) is 95.0 Å². The van der Waals surface area contributed by atoms with Crippen LogP contribution in [0.4, 0.5) is 9.59 Å². The van der Waals surface area contributed by atoms with Crippen molar-refractivity contribution < 1.29 is 47.2 Å². The predicted octanol–water partition coefficient (Wildman–Crippen LogP) is 12.4. The lowest BCUT2D eigenvalue weighted by atomic mass is 10.0. The van der Waals surface area contributed by atoms with E-state index in [9.17, 15) is 28.2 Å². The lowest BCUT2D eigenvalue weighted by Crippen LogP contribution is -2.36. The van der Waals surface area contributed by atoms with E-state index in [0.29, 0.717) is 49.1 Å². The first kappa shape index (κ1) is 55.9. The Morgan fingerprint density at radius 3 is 1.59 bits per heavy atom. The number of thioether (sulfide) groups is 1. The number of aromatic hydroxyl groups is 2. The van der Waals surface area contributed by atoms with E-state index < -0.39 is 32.4 Å². The third-order valence-corrected chi connectivity index (χ3v) is 16.8. The van der Waals surface area contributed by atoms with Gasteiger partial charge >= 0.3 is 12.2 Å². The number of carbonyl (C=O) groups is 2. The van der Waals surface area contributed by atoms with Gasteiger partial charge in [-0.05, 0) is 164 Å². The molecule has 2 N–H and O–H groups in total. The van der Waals surface area contributed by atoms with Gasteiger partial charge in [0, 0.05) is 60.3 Å². The zero-order valence-corrected chi connectivity index (χ0v) is 43.6. The lowest BCUT2D eigenvalue weighted by molar-refractivity contribution is -0.0367. The van der Waals surface area contributed by atoms with E-state index in [2.05, 4.69) is 17.2 Å². The molecular formula is C56H74N6O10S2. The number of benzene rings is 4. The van der Waals surface area contributed by atoms with Crippen LogP contribution in [-0.2, 0) is 28.8 Å². The molecule has 4 fully saturated rings. The highest BCUT2D eigenvalue weighted by Crippen LogP contribution is 2.41. The third kappa shape index (κ3) is 12.8. The van der Waals surface area contributed by atoms with Crippen LogP contribution in [0.5, 0.6) is 11.5 Å². The number of phenolic OH excluding ortho intramolecular Hbond substituents is 2. The first-order valence-corrected chi connectivity index (χ1v) is 27.4. The van der Waals surface area contributed by atoms with Gasteiger partial charge in [0.25, 0.3) is 0 Å². The van der Waals surface area contributed by atoms with Crippen LogP contribution < -0.4 is 0 Å². The molecule has 4 aliphatic heterocycles. The Hall–Kier alpha value is -5.82. The maximum atomic E-state index is 14.0. The molecule has 74 heavy (non-hydrogen) atoms. The summed E-state index contributed by atoms with van der Waals surface area (Å²) in [6.07, 6.45) is 9.70. The van der Waals surface area contributed by atoms with Crippen molar-refractivity contribution in [2.75, 3.05) is 39.4 Å². The average Bonchev–Trinajstić information content (AvgIpc) is 4.19. The predicted molar refractivity (Wildman–Crippen MR) is 290 cm³/mol. The highest BCUT2D eigenvalue weighted by atomic mass is 32.2. The first-order valence-electron chi connectivity index (χ1n) is 25.0. The van der Waals surface area contributed by atoms with Gasteiger partial charge in [0.15, 0.2) is 22.3 Å². The second-order valence-corrected chi connectivity index (χ2v) is 24.6. The largest absolute Gasteiger partial charge is 0.508 e. The molecule has 0 aliphatic carbocycles. The molecule has 400 valence electrons. The number of hydrogen-bond acceptors (Lipinski definition) is 13. The van der Waals surface area contributed by atoms with Gasteiger partial charge in [-0.1, -0.05) is 39.1 Å². The summed E-state index contributed by atoms with van der Waals surface area (Å²) in [5.41, 5.74) is 4.15. The fourth-order valence-electron chi connectivity index (χ4n) is 9.64. The van der Waals surface area contributed by atoms with Gasteiger partial charge in [0.1, 0.15) is 22.7 Å². The summed E-state index contributed by atoms with van der Waals surface area (Å²) in [4.78, 5) is 29.8. The summed E-state index contributed by atoms with van der Waals surface area (Å²) in [7, 11) is -3.82. The van der Waals surface area contributed by atoms with Gasteiger partial charge < -0.3 is 39.0 Å². The fraction of sp³-hybridized carbons (Fsp3) is 0.500. The summed E-state index contributed by atoms with van der Waals surface area (Å²) in [5.74, 6) is 0.379. The zero-order valence-electron chi connectivity index (χ0n) is 42.0.